The van der Waals surface area contributed by atoms with Gasteiger partial charge >= 0.3 is 0 Å². The quantitative estimate of drug-likeness (QED) is 0.429. The van der Waals surface area contributed by atoms with E-state index in [0.29, 0.717) is 13.0 Å². The Morgan fingerprint density at radius 2 is 1.48 bits per heavy atom. The molecule has 1 saturated heterocycles. The zero-order valence-electron chi connectivity index (χ0n) is 18.8. The minimum Gasteiger partial charge on any atom is -0.388 e. The number of aliphatic hydroxyl groups is 2. The van der Waals surface area contributed by atoms with Crippen LogP contribution in [0.25, 0.3) is 10.8 Å². The van der Waals surface area contributed by atoms with Gasteiger partial charge in [-0.3, -0.25) is 0 Å². The van der Waals surface area contributed by atoms with Crippen LogP contribution < -0.4 is 0 Å². The number of hydrogen-bond acceptors (Lipinski definition) is 3. The molecule has 168 valence electrons. The van der Waals surface area contributed by atoms with Gasteiger partial charge in [-0.25, -0.2) is 0 Å². The smallest absolute Gasteiger partial charge is 0.0977 e. The first-order valence-corrected chi connectivity index (χ1v) is 11.8. The normalized spacial score (nSPS) is 22.3. The molecule has 1 aliphatic heterocycles. The molecule has 2 N–H and O–H groups in total. The standard InChI is InChI=1S/C30H31NO2/c32-29(26-16-15-24-11-7-8-12-25(24)21-26)28-22-31(19-17-23-9-3-1-4-10-23)20-18-30(28,33)27-13-5-2-6-14-27/h1-16,21,28-29,32-33H,17-20,22H2/t28-,29-,30+/m0/s1. The molecule has 33 heavy (non-hydrogen) atoms. The first-order valence-electron chi connectivity index (χ1n) is 11.8. The molecule has 3 heteroatoms. The highest BCUT2D eigenvalue weighted by Gasteiger charge is 2.46. The first-order chi connectivity index (χ1) is 16.1. The number of aliphatic hydroxyl groups excluding tert-OH is 1. The van der Waals surface area contributed by atoms with Gasteiger partial charge in [0.25, 0.3) is 0 Å². The van der Waals surface area contributed by atoms with Crippen LogP contribution in [0.1, 0.15) is 29.2 Å². The molecular formula is C30H31NO2. The van der Waals surface area contributed by atoms with Gasteiger partial charge in [0.2, 0.25) is 0 Å². The Morgan fingerprint density at radius 3 is 2.24 bits per heavy atom. The monoisotopic (exact) mass is 437 g/mol. The number of benzene rings is 4. The van der Waals surface area contributed by atoms with Crippen molar-refractivity contribution in [1.29, 1.82) is 0 Å². The lowest BCUT2D eigenvalue weighted by Gasteiger charge is -2.47. The van der Waals surface area contributed by atoms with Crippen LogP contribution in [0.2, 0.25) is 0 Å². The molecule has 0 saturated carbocycles. The molecule has 1 heterocycles. The largest absolute Gasteiger partial charge is 0.388 e. The average molecular weight is 438 g/mol. The second-order valence-electron chi connectivity index (χ2n) is 9.23. The van der Waals surface area contributed by atoms with Crippen LogP contribution in [0.3, 0.4) is 0 Å². The van der Waals surface area contributed by atoms with E-state index in [1.165, 1.54) is 5.56 Å². The second-order valence-corrected chi connectivity index (χ2v) is 9.23. The van der Waals surface area contributed by atoms with Gasteiger partial charge in [-0.05, 0) is 46.4 Å². The SMILES string of the molecule is O[C@@H](c1ccc2ccccc2c1)[C@@H]1CN(CCc2ccccc2)CC[C@@]1(O)c1ccccc1. The van der Waals surface area contributed by atoms with Crippen molar-refractivity contribution in [2.45, 2.75) is 24.5 Å². The lowest BCUT2D eigenvalue weighted by molar-refractivity contribution is -0.122. The van der Waals surface area contributed by atoms with Crippen molar-refractivity contribution in [1.82, 2.24) is 4.90 Å². The van der Waals surface area contributed by atoms with Crippen molar-refractivity contribution in [3.05, 3.63) is 120 Å². The summed E-state index contributed by atoms with van der Waals surface area (Å²) >= 11 is 0. The van der Waals surface area contributed by atoms with Gasteiger partial charge in [-0.2, -0.15) is 0 Å². The van der Waals surface area contributed by atoms with Crippen LogP contribution >= 0.6 is 0 Å². The van der Waals surface area contributed by atoms with Crippen LogP contribution in [0.4, 0.5) is 0 Å². The Balaban J connectivity index is 1.44. The molecule has 0 spiro atoms. The fourth-order valence-electron chi connectivity index (χ4n) is 5.24. The Kier molecular flexibility index (Phi) is 6.28. The van der Waals surface area contributed by atoms with Crippen LogP contribution in [-0.4, -0.2) is 34.7 Å². The summed E-state index contributed by atoms with van der Waals surface area (Å²) in [4.78, 5) is 2.39. The molecule has 0 bridgehead atoms. The van der Waals surface area contributed by atoms with Gasteiger partial charge in [0.1, 0.15) is 0 Å². The molecule has 4 aromatic carbocycles. The molecule has 0 unspecified atom stereocenters. The molecule has 5 rings (SSSR count). The van der Waals surface area contributed by atoms with Crippen molar-refractivity contribution in [3.8, 4) is 0 Å². The highest BCUT2D eigenvalue weighted by molar-refractivity contribution is 5.83. The van der Waals surface area contributed by atoms with Crippen molar-refractivity contribution in [3.63, 3.8) is 0 Å². The number of fused-ring (bicyclic) bond motifs is 1. The zero-order valence-corrected chi connectivity index (χ0v) is 18.8. The number of likely N-dealkylation sites (tertiary alicyclic amines) is 1. The molecule has 4 aromatic rings. The van der Waals surface area contributed by atoms with E-state index >= 15 is 0 Å². The minimum absolute atomic E-state index is 0.328. The predicted octanol–water partition coefficient (Wildman–Crippen LogP) is 5.33. The maximum Gasteiger partial charge on any atom is 0.0977 e. The highest BCUT2D eigenvalue weighted by Crippen LogP contribution is 2.44. The molecule has 0 radical (unpaired) electrons. The van der Waals surface area contributed by atoms with E-state index in [2.05, 4.69) is 53.4 Å². The molecule has 3 atom stereocenters. The number of piperidine rings is 1. The van der Waals surface area contributed by atoms with Gasteiger partial charge in [0.05, 0.1) is 11.7 Å². The van der Waals surface area contributed by atoms with Crippen LogP contribution in [0, 0.1) is 5.92 Å². The van der Waals surface area contributed by atoms with E-state index in [1.54, 1.807) is 0 Å². The van der Waals surface area contributed by atoms with Crippen LogP contribution in [0.15, 0.2) is 103 Å². The van der Waals surface area contributed by atoms with Crippen molar-refractivity contribution >= 4 is 10.8 Å². The Labute approximate surface area is 195 Å². The number of nitrogens with zero attached hydrogens (tertiary/aromatic N) is 1. The average Bonchev–Trinajstić information content (AvgIpc) is 2.88. The number of hydrogen-bond donors (Lipinski definition) is 2. The van der Waals surface area contributed by atoms with Crippen molar-refractivity contribution in [2.75, 3.05) is 19.6 Å². The van der Waals surface area contributed by atoms with Gasteiger partial charge in [-0.1, -0.05) is 97.1 Å². The fourth-order valence-corrected chi connectivity index (χ4v) is 5.24. The highest BCUT2D eigenvalue weighted by atomic mass is 16.3. The summed E-state index contributed by atoms with van der Waals surface area (Å²) < 4.78 is 0. The predicted molar refractivity (Wildman–Crippen MR) is 134 cm³/mol. The molecule has 1 fully saturated rings. The van der Waals surface area contributed by atoms with Crippen molar-refractivity contribution in [2.24, 2.45) is 5.92 Å². The third-order valence-corrected chi connectivity index (χ3v) is 7.21. The van der Waals surface area contributed by atoms with E-state index in [0.717, 1.165) is 41.4 Å². The molecule has 0 aromatic heterocycles. The van der Waals surface area contributed by atoms with Crippen LogP contribution in [-0.2, 0) is 12.0 Å². The molecule has 3 nitrogen and oxygen atoms in total. The topological polar surface area (TPSA) is 43.7 Å². The summed E-state index contributed by atoms with van der Waals surface area (Å²) in [6.07, 6.45) is 0.796. The zero-order chi connectivity index (χ0) is 22.7. The lowest BCUT2D eigenvalue weighted by Crippen LogP contribution is -2.52. The maximum absolute atomic E-state index is 12.0. The van der Waals surface area contributed by atoms with E-state index < -0.39 is 11.7 Å². The summed E-state index contributed by atoms with van der Waals surface area (Å²) in [5.41, 5.74) is 1.98. The minimum atomic E-state index is -1.07. The van der Waals surface area contributed by atoms with E-state index in [-0.39, 0.29) is 5.92 Å². The van der Waals surface area contributed by atoms with Gasteiger partial charge in [-0.15, -0.1) is 0 Å². The van der Waals surface area contributed by atoms with E-state index in [9.17, 15) is 10.2 Å². The van der Waals surface area contributed by atoms with E-state index in [1.807, 2.05) is 54.6 Å². The van der Waals surface area contributed by atoms with Crippen molar-refractivity contribution < 1.29 is 10.2 Å². The van der Waals surface area contributed by atoms with E-state index in [4.69, 9.17) is 0 Å². The Morgan fingerprint density at radius 1 is 0.818 bits per heavy atom. The van der Waals surface area contributed by atoms with Gasteiger partial charge in [0, 0.05) is 25.6 Å². The molecular weight excluding hydrogens is 406 g/mol. The van der Waals surface area contributed by atoms with Crippen LogP contribution in [0.5, 0.6) is 0 Å². The third kappa shape index (κ3) is 4.58. The Hall–Kier alpha value is -2.98. The Bertz CT molecular complexity index is 1190. The second kappa shape index (κ2) is 9.48. The fraction of sp³-hybridized carbons (Fsp3) is 0.267. The third-order valence-electron chi connectivity index (χ3n) is 7.21. The van der Waals surface area contributed by atoms with Gasteiger partial charge < -0.3 is 15.1 Å². The number of rotatable bonds is 6. The summed E-state index contributed by atoms with van der Waals surface area (Å²) in [6, 6.07) is 34.7. The molecule has 1 aliphatic rings. The summed E-state index contributed by atoms with van der Waals surface area (Å²) in [5, 5.41) is 25.8. The summed E-state index contributed by atoms with van der Waals surface area (Å²) in [6.45, 7) is 2.36. The maximum atomic E-state index is 12.0. The summed E-state index contributed by atoms with van der Waals surface area (Å²) in [7, 11) is 0. The lowest BCUT2D eigenvalue weighted by atomic mass is 9.72. The molecule has 0 amide bonds. The molecule has 0 aliphatic carbocycles. The van der Waals surface area contributed by atoms with Gasteiger partial charge in [0.15, 0.2) is 0 Å². The summed E-state index contributed by atoms with van der Waals surface area (Å²) in [5.74, 6) is -0.328. The first kappa shape index (κ1) is 21.8.